The molecule has 0 aliphatic carbocycles. The standard InChI is InChI=1S/C25H37NO7/c1-8-13-33-24(29)20-17(16-14-18(30-5)21(32-7)19(15-16)31-6)11-10-12-26(20)23(28)22(27)25(3,4)9-2/h14-15,17,20H,8-13H2,1-7H3/t17?,20-/m0/s1. The number of carbonyl (C=O) groups is 3. The molecule has 1 fully saturated rings. The Morgan fingerprint density at radius 3 is 2.12 bits per heavy atom. The first-order valence-electron chi connectivity index (χ1n) is 11.5. The number of amides is 1. The first kappa shape index (κ1) is 26.5. The van der Waals surface area contributed by atoms with Gasteiger partial charge < -0.3 is 23.8 Å². The zero-order valence-electron chi connectivity index (χ0n) is 20.9. The van der Waals surface area contributed by atoms with E-state index in [0.717, 1.165) is 5.56 Å². The van der Waals surface area contributed by atoms with Crippen LogP contribution in [0.4, 0.5) is 0 Å². The average molecular weight is 464 g/mol. The molecule has 1 unspecified atom stereocenters. The number of ketones is 1. The van der Waals surface area contributed by atoms with E-state index >= 15 is 0 Å². The van der Waals surface area contributed by atoms with Crippen molar-refractivity contribution >= 4 is 17.7 Å². The SMILES string of the molecule is CCCOC(=O)[C@@H]1C(c2cc(OC)c(OC)c(OC)c2)CCCN1C(=O)C(=O)C(C)(C)CC. The Kier molecular flexibility index (Phi) is 9.14. The summed E-state index contributed by atoms with van der Waals surface area (Å²) in [6, 6.07) is 2.66. The molecule has 184 valence electrons. The zero-order valence-corrected chi connectivity index (χ0v) is 20.9. The van der Waals surface area contributed by atoms with Crippen LogP contribution in [0.1, 0.15) is 64.9 Å². The molecule has 2 atom stereocenters. The van der Waals surface area contributed by atoms with Gasteiger partial charge in [-0.25, -0.2) is 4.79 Å². The van der Waals surface area contributed by atoms with E-state index in [1.165, 1.54) is 26.2 Å². The summed E-state index contributed by atoms with van der Waals surface area (Å²) in [7, 11) is 4.57. The van der Waals surface area contributed by atoms with Gasteiger partial charge in [0, 0.05) is 17.9 Å². The first-order valence-corrected chi connectivity index (χ1v) is 11.5. The van der Waals surface area contributed by atoms with E-state index in [9.17, 15) is 14.4 Å². The smallest absolute Gasteiger partial charge is 0.329 e. The van der Waals surface area contributed by atoms with Crippen molar-refractivity contribution in [2.45, 2.75) is 65.3 Å². The number of likely N-dealkylation sites (tertiary alicyclic amines) is 1. The number of piperidine rings is 1. The van der Waals surface area contributed by atoms with Gasteiger partial charge in [-0.05, 0) is 43.4 Å². The van der Waals surface area contributed by atoms with E-state index in [1.54, 1.807) is 26.0 Å². The summed E-state index contributed by atoms with van der Waals surface area (Å²) in [4.78, 5) is 40.9. The lowest BCUT2D eigenvalue weighted by molar-refractivity contribution is -0.162. The predicted octanol–water partition coefficient (Wildman–Crippen LogP) is 3.75. The largest absolute Gasteiger partial charge is 0.493 e. The minimum Gasteiger partial charge on any atom is -0.493 e. The molecular weight excluding hydrogens is 426 g/mol. The summed E-state index contributed by atoms with van der Waals surface area (Å²) in [6.07, 6.45) is 2.46. The number of Topliss-reactive ketones (excluding diaryl/α,β-unsaturated/α-hetero) is 1. The molecule has 1 aliphatic rings. The molecule has 0 N–H and O–H groups in total. The quantitative estimate of drug-likeness (QED) is 0.385. The summed E-state index contributed by atoms with van der Waals surface area (Å²) >= 11 is 0. The molecule has 0 radical (unpaired) electrons. The molecule has 0 saturated carbocycles. The van der Waals surface area contributed by atoms with Crippen LogP contribution in [0.2, 0.25) is 0 Å². The van der Waals surface area contributed by atoms with Crippen molar-refractivity contribution in [1.82, 2.24) is 4.90 Å². The van der Waals surface area contributed by atoms with Gasteiger partial charge in [0.15, 0.2) is 11.5 Å². The summed E-state index contributed by atoms with van der Waals surface area (Å²) in [6.45, 7) is 7.83. The van der Waals surface area contributed by atoms with Crippen LogP contribution in [-0.4, -0.2) is 63.1 Å². The molecule has 2 rings (SSSR count). The Hall–Kier alpha value is -2.77. The van der Waals surface area contributed by atoms with Crippen molar-refractivity contribution in [3.8, 4) is 17.2 Å². The van der Waals surface area contributed by atoms with Gasteiger partial charge in [0.1, 0.15) is 6.04 Å². The maximum atomic E-state index is 13.3. The number of methoxy groups -OCH3 is 3. The number of esters is 1. The molecule has 1 aromatic carbocycles. The van der Waals surface area contributed by atoms with Gasteiger partial charge in [0.05, 0.1) is 27.9 Å². The van der Waals surface area contributed by atoms with Crippen molar-refractivity contribution in [1.29, 1.82) is 0 Å². The molecule has 8 heteroatoms. The van der Waals surface area contributed by atoms with Gasteiger partial charge in [-0.15, -0.1) is 0 Å². The van der Waals surface area contributed by atoms with Crippen molar-refractivity contribution in [3.63, 3.8) is 0 Å². The topological polar surface area (TPSA) is 91.4 Å². The van der Waals surface area contributed by atoms with E-state index in [-0.39, 0.29) is 6.61 Å². The molecule has 1 saturated heterocycles. The van der Waals surface area contributed by atoms with E-state index in [4.69, 9.17) is 18.9 Å². The highest BCUT2D eigenvalue weighted by Gasteiger charge is 2.45. The maximum absolute atomic E-state index is 13.3. The number of carbonyl (C=O) groups excluding carboxylic acids is 3. The summed E-state index contributed by atoms with van der Waals surface area (Å²) < 4.78 is 21.9. The third-order valence-corrected chi connectivity index (χ3v) is 6.39. The van der Waals surface area contributed by atoms with Crippen LogP contribution < -0.4 is 14.2 Å². The Morgan fingerprint density at radius 2 is 1.64 bits per heavy atom. The van der Waals surface area contributed by atoms with Crippen LogP contribution in [0, 0.1) is 5.41 Å². The first-order chi connectivity index (χ1) is 15.7. The second kappa shape index (κ2) is 11.4. The normalized spacial score (nSPS) is 18.5. The highest BCUT2D eigenvalue weighted by molar-refractivity contribution is 6.38. The zero-order chi connectivity index (χ0) is 24.8. The molecule has 1 amide bonds. The lowest BCUT2D eigenvalue weighted by atomic mass is 9.80. The maximum Gasteiger partial charge on any atom is 0.329 e. The van der Waals surface area contributed by atoms with Crippen molar-refractivity contribution < 1.29 is 33.3 Å². The van der Waals surface area contributed by atoms with Crippen molar-refractivity contribution in [3.05, 3.63) is 17.7 Å². The molecule has 0 spiro atoms. The van der Waals surface area contributed by atoms with Gasteiger partial charge in [0.25, 0.3) is 5.91 Å². The van der Waals surface area contributed by atoms with Gasteiger partial charge in [-0.3, -0.25) is 9.59 Å². The van der Waals surface area contributed by atoms with E-state index in [2.05, 4.69) is 0 Å². The van der Waals surface area contributed by atoms with Gasteiger partial charge in [-0.2, -0.15) is 0 Å². The second-order valence-electron chi connectivity index (χ2n) is 8.88. The van der Waals surface area contributed by atoms with Gasteiger partial charge >= 0.3 is 5.97 Å². The van der Waals surface area contributed by atoms with Crippen LogP contribution in [0.15, 0.2) is 12.1 Å². The Labute approximate surface area is 196 Å². The number of nitrogens with zero attached hydrogens (tertiary/aromatic N) is 1. The molecule has 8 nitrogen and oxygen atoms in total. The fourth-order valence-corrected chi connectivity index (χ4v) is 4.05. The lowest BCUT2D eigenvalue weighted by Crippen LogP contribution is -2.55. The van der Waals surface area contributed by atoms with Crippen LogP contribution in [0.5, 0.6) is 17.2 Å². The Morgan fingerprint density at radius 1 is 1.03 bits per heavy atom. The fourth-order valence-electron chi connectivity index (χ4n) is 4.05. The van der Waals surface area contributed by atoms with E-state index < -0.39 is 35.0 Å². The Balaban J connectivity index is 2.56. The highest BCUT2D eigenvalue weighted by Crippen LogP contribution is 2.43. The number of benzene rings is 1. The molecule has 1 heterocycles. The number of hydrogen-bond acceptors (Lipinski definition) is 7. The van der Waals surface area contributed by atoms with Gasteiger partial charge in [0.2, 0.25) is 11.5 Å². The van der Waals surface area contributed by atoms with Crippen LogP contribution in [0.25, 0.3) is 0 Å². The minimum atomic E-state index is -0.919. The van der Waals surface area contributed by atoms with E-state index in [0.29, 0.717) is 49.5 Å². The highest BCUT2D eigenvalue weighted by atomic mass is 16.5. The lowest BCUT2D eigenvalue weighted by Gasteiger charge is -2.40. The monoisotopic (exact) mass is 463 g/mol. The van der Waals surface area contributed by atoms with E-state index in [1.807, 2.05) is 13.8 Å². The predicted molar refractivity (Wildman–Crippen MR) is 124 cm³/mol. The Bertz CT molecular complexity index is 839. The summed E-state index contributed by atoms with van der Waals surface area (Å²) in [5, 5.41) is 0. The number of hydrogen-bond donors (Lipinski definition) is 0. The van der Waals surface area contributed by atoms with Crippen molar-refractivity contribution in [2.24, 2.45) is 5.41 Å². The third kappa shape index (κ3) is 5.60. The molecule has 33 heavy (non-hydrogen) atoms. The number of rotatable bonds is 10. The van der Waals surface area contributed by atoms with Crippen LogP contribution in [0.3, 0.4) is 0 Å². The van der Waals surface area contributed by atoms with Crippen LogP contribution in [-0.2, 0) is 19.1 Å². The molecule has 0 aromatic heterocycles. The minimum absolute atomic E-state index is 0.244. The van der Waals surface area contributed by atoms with Gasteiger partial charge in [-0.1, -0.05) is 27.7 Å². The molecule has 0 bridgehead atoms. The second-order valence-corrected chi connectivity index (χ2v) is 8.88. The van der Waals surface area contributed by atoms with Crippen molar-refractivity contribution in [2.75, 3.05) is 34.5 Å². The summed E-state index contributed by atoms with van der Waals surface area (Å²) in [5.41, 5.74) is -0.0586. The molecular formula is C25H37NO7. The molecule has 1 aliphatic heterocycles. The molecule has 1 aromatic rings. The third-order valence-electron chi connectivity index (χ3n) is 6.39. The van der Waals surface area contributed by atoms with Crippen LogP contribution >= 0.6 is 0 Å². The average Bonchev–Trinajstić information content (AvgIpc) is 2.84. The number of ether oxygens (including phenoxy) is 4. The summed E-state index contributed by atoms with van der Waals surface area (Å²) in [5.74, 6) is -0.679. The fraction of sp³-hybridized carbons (Fsp3) is 0.640.